The number of benzene rings is 1. The van der Waals surface area contributed by atoms with E-state index in [1.807, 2.05) is 6.07 Å². The molecule has 2 atom stereocenters. The van der Waals surface area contributed by atoms with Crippen molar-refractivity contribution in [2.45, 2.75) is 38.0 Å². The van der Waals surface area contributed by atoms with Gasteiger partial charge in [0, 0.05) is 35.8 Å². The smallest absolute Gasteiger partial charge is 0.151 e. The van der Waals surface area contributed by atoms with Crippen molar-refractivity contribution in [1.29, 1.82) is 0 Å². The maximum absolute atomic E-state index is 14.2. The third-order valence-electron chi connectivity index (χ3n) is 4.58. The van der Waals surface area contributed by atoms with Gasteiger partial charge in [-0.2, -0.15) is 0 Å². The highest BCUT2D eigenvalue weighted by atomic mass is 79.9. The van der Waals surface area contributed by atoms with Crippen molar-refractivity contribution in [2.24, 2.45) is 0 Å². The van der Waals surface area contributed by atoms with Crippen molar-refractivity contribution in [1.82, 2.24) is 4.90 Å². The van der Waals surface area contributed by atoms with E-state index in [1.165, 1.54) is 6.07 Å². The third kappa shape index (κ3) is 4.53. The molecule has 2 saturated heterocycles. The summed E-state index contributed by atoms with van der Waals surface area (Å²) >= 11 is 3.26. The Balaban J connectivity index is 1.76. The van der Waals surface area contributed by atoms with Gasteiger partial charge in [-0.1, -0.05) is 22.0 Å². The van der Waals surface area contributed by atoms with Crippen LogP contribution in [0.15, 0.2) is 22.7 Å². The molecule has 23 heavy (non-hydrogen) atoms. The SMILES string of the molecule is O=S1(=O)CCC(N(Cc2ccc(Br)cc2F)CC2CCCO2)C1. The van der Waals surface area contributed by atoms with Crippen molar-refractivity contribution in [3.63, 3.8) is 0 Å². The molecule has 0 amide bonds. The first-order valence-electron chi connectivity index (χ1n) is 7.93. The Morgan fingerprint density at radius 2 is 2.17 bits per heavy atom. The van der Waals surface area contributed by atoms with E-state index < -0.39 is 9.84 Å². The van der Waals surface area contributed by atoms with Gasteiger partial charge >= 0.3 is 0 Å². The zero-order valence-electron chi connectivity index (χ0n) is 12.9. The van der Waals surface area contributed by atoms with E-state index in [0.29, 0.717) is 29.5 Å². The van der Waals surface area contributed by atoms with E-state index in [-0.39, 0.29) is 29.5 Å². The summed E-state index contributed by atoms with van der Waals surface area (Å²) in [6.45, 7) is 1.84. The molecule has 0 N–H and O–H groups in total. The molecular formula is C16H21BrFNO3S. The molecule has 0 bridgehead atoms. The van der Waals surface area contributed by atoms with E-state index in [2.05, 4.69) is 20.8 Å². The highest BCUT2D eigenvalue weighted by Crippen LogP contribution is 2.24. The van der Waals surface area contributed by atoms with E-state index in [9.17, 15) is 12.8 Å². The lowest BCUT2D eigenvalue weighted by Gasteiger charge is -2.30. The summed E-state index contributed by atoms with van der Waals surface area (Å²) in [6, 6.07) is 4.97. The predicted molar refractivity (Wildman–Crippen MR) is 90.5 cm³/mol. The number of halogens is 2. The quantitative estimate of drug-likeness (QED) is 0.755. The lowest BCUT2D eigenvalue weighted by molar-refractivity contribution is 0.0570. The van der Waals surface area contributed by atoms with Crippen LogP contribution in [-0.4, -0.2) is 50.1 Å². The first-order valence-corrected chi connectivity index (χ1v) is 10.5. The van der Waals surface area contributed by atoms with Crippen molar-refractivity contribution >= 4 is 25.8 Å². The molecule has 2 aliphatic rings. The average molecular weight is 406 g/mol. The third-order valence-corrected chi connectivity index (χ3v) is 6.82. The fourth-order valence-corrected chi connectivity index (χ4v) is 5.42. The molecule has 2 aliphatic heterocycles. The summed E-state index contributed by atoms with van der Waals surface area (Å²) in [7, 11) is -2.97. The summed E-state index contributed by atoms with van der Waals surface area (Å²) in [5, 5.41) is 0. The topological polar surface area (TPSA) is 46.6 Å². The molecule has 0 aromatic heterocycles. The number of hydrogen-bond donors (Lipinski definition) is 0. The van der Waals surface area contributed by atoms with Gasteiger partial charge in [0.2, 0.25) is 0 Å². The van der Waals surface area contributed by atoms with E-state index in [4.69, 9.17) is 4.74 Å². The highest BCUT2D eigenvalue weighted by molar-refractivity contribution is 9.10. The largest absolute Gasteiger partial charge is 0.377 e. The zero-order chi connectivity index (χ0) is 16.4. The summed E-state index contributed by atoms with van der Waals surface area (Å²) in [5.74, 6) is 0.123. The van der Waals surface area contributed by atoms with Gasteiger partial charge in [-0.15, -0.1) is 0 Å². The molecule has 7 heteroatoms. The normalized spacial score (nSPS) is 26.9. The molecule has 3 rings (SSSR count). The van der Waals surface area contributed by atoms with Crippen LogP contribution in [-0.2, 0) is 21.1 Å². The van der Waals surface area contributed by atoms with Gasteiger partial charge in [-0.25, -0.2) is 12.8 Å². The Morgan fingerprint density at radius 3 is 2.78 bits per heavy atom. The van der Waals surface area contributed by atoms with E-state index >= 15 is 0 Å². The second-order valence-electron chi connectivity index (χ2n) is 6.36. The van der Waals surface area contributed by atoms with Gasteiger partial charge in [-0.3, -0.25) is 4.90 Å². The Hall–Kier alpha value is -0.500. The van der Waals surface area contributed by atoms with Crippen LogP contribution in [0.1, 0.15) is 24.8 Å². The summed E-state index contributed by atoms with van der Waals surface area (Å²) in [5.41, 5.74) is 0.593. The van der Waals surface area contributed by atoms with Crippen molar-refractivity contribution < 1.29 is 17.5 Å². The molecule has 2 fully saturated rings. The molecule has 2 heterocycles. The van der Waals surface area contributed by atoms with Crippen LogP contribution >= 0.6 is 15.9 Å². The zero-order valence-corrected chi connectivity index (χ0v) is 15.3. The molecule has 0 spiro atoms. The summed E-state index contributed by atoms with van der Waals surface area (Å²) in [4.78, 5) is 2.09. The Labute approximate surface area is 145 Å². The van der Waals surface area contributed by atoms with Crippen LogP contribution in [0.5, 0.6) is 0 Å². The maximum atomic E-state index is 14.2. The second kappa shape index (κ2) is 7.17. The Bertz CT molecular complexity index is 661. The van der Waals surface area contributed by atoms with Crippen molar-refractivity contribution in [2.75, 3.05) is 24.7 Å². The molecule has 4 nitrogen and oxygen atoms in total. The predicted octanol–water partition coefficient (Wildman–Crippen LogP) is 2.76. The van der Waals surface area contributed by atoms with Gasteiger partial charge in [-0.05, 0) is 31.4 Å². The highest BCUT2D eigenvalue weighted by Gasteiger charge is 2.34. The fraction of sp³-hybridized carbons (Fsp3) is 0.625. The van der Waals surface area contributed by atoms with Crippen LogP contribution < -0.4 is 0 Å². The Kier molecular flexibility index (Phi) is 5.40. The summed E-state index contributed by atoms with van der Waals surface area (Å²) < 4.78 is 44.2. The van der Waals surface area contributed by atoms with Crippen LogP contribution in [0.3, 0.4) is 0 Å². The number of nitrogens with zero attached hydrogens (tertiary/aromatic N) is 1. The van der Waals surface area contributed by atoms with Crippen LogP contribution in [0.25, 0.3) is 0 Å². The molecule has 0 radical (unpaired) electrons. The summed E-state index contributed by atoms with van der Waals surface area (Å²) in [6.07, 6.45) is 2.76. The molecule has 1 aromatic rings. The minimum absolute atomic E-state index is 0.0488. The minimum atomic E-state index is -2.97. The van der Waals surface area contributed by atoms with Gasteiger partial charge in [0.1, 0.15) is 5.82 Å². The lowest BCUT2D eigenvalue weighted by atomic mass is 10.1. The second-order valence-corrected chi connectivity index (χ2v) is 9.50. The molecule has 2 unspecified atom stereocenters. The fourth-order valence-electron chi connectivity index (χ4n) is 3.32. The first kappa shape index (κ1) is 17.3. The monoisotopic (exact) mass is 405 g/mol. The first-order chi connectivity index (χ1) is 10.9. The molecule has 0 saturated carbocycles. The standard InChI is InChI=1S/C16H21BrFNO3S/c17-13-4-3-12(16(18)8-13)9-19(10-15-2-1-6-22-15)14-5-7-23(20,21)11-14/h3-4,8,14-15H,1-2,5-7,9-11H2. The molecule has 1 aromatic carbocycles. The van der Waals surface area contributed by atoms with E-state index in [1.54, 1.807) is 6.07 Å². The van der Waals surface area contributed by atoms with Crippen molar-refractivity contribution in [3.05, 3.63) is 34.1 Å². The molecular weight excluding hydrogens is 385 g/mol. The van der Waals surface area contributed by atoms with Gasteiger partial charge < -0.3 is 4.74 Å². The van der Waals surface area contributed by atoms with Crippen molar-refractivity contribution in [3.8, 4) is 0 Å². The number of rotatable bonds is 5. The van der Waals surface area contributed by atoms with Gasteiger partial charge in [0.25, 0.3) is 0 Å². The van der Waals surface area contributed by atoms with Gasteiger partial charge in [0.05, 0.1) is 17.6 Å². The van der Waals surface area contributed by atoms with Crippen LogP contribution in [0.2, 0.25) is 0 Å². The lowest BCUT2D eigenvalue weighted by Crippen LogP contribution is -2.40. The molecule has 0 aliphatic carbocycles. The number of ether oxygens (including phenoxy) is 1. The van der Waals surface area contributed by atoms with E-state index in [0.717, 1.165) is 19.4 Å². The van der Waals surface area contributed by atoms with Crippen LogP contribution in [0, 0.1) is 5.82 Å². The Morgan fingerprint density at radius 1 is 1.35 bits per heavy atom. The number of hydrogen-bond acceptors (Lipinski definition) is 4. The van der Waals surface area contributed by atoms with Crippen LogP contribution in [0.4, 0.5) is 4.39 Å². The molecule has 128 valence electrons. The maximum Gasteiger partial charge on any atom is 0.151 e. The average Bonchev–Trinajstić information content (AvgIpc) is 3.10. The minimum Gasteiger partial charge on any atom is -0.377 e. The number of sulfone groups is 1. The van der Waals surface area contributed by atoms with Gasteiger partial charge in [0.15, 0.2) is 9.84 Å².